The zero-order valence-corrected chi connectivity index (χ0v) is 11.5. The molecule has 9 nitrogen and oxygen atoms in total. The van der Waals surface area contributed by atoms with E-state index < -0.39 is 31.1 Å². The van der Waals surface area contributed by atoms with Crippen LogP contribution in [0.4, 0.5) is 4.79 Å². The van der Waals surface area contributed by atoms with Gasteiger partial charge in [0.1, 0.15) is 13.1 Å². The Bertz CT molecular complexity index is 364. The lowest BCUT2D eigenvalue weighted by Gasteiger charge is -2.21. The number of carbonyl (C=O) groups excluding carboxylic acids is 2. The second kappa shape index (κ2) is 8.73. The quantitative estimate of drug-likeness (QED) is 0.528. The SMILES string of the molecule is CCN(CC)C(=O)CNC(=O)N(CC(=O)O)CC(=O)O. The minimum Gasteiger partial charge on any atom is -0.480 e. The maximum absolute atomic E-state index is 11.6. The van der Waals surface area contributed by atoms with Crippen LogP contribution in [0.5, 0.6) is 0 Å². The van der Waals surface area contributed by atoms with Crippen LogP contribution in [0, 0.1) is 0 Å². The van der Waals surface area contributed by atoms with Gasteiger partial charge in [0.15, 0.2) is 0 Å². The molecule has 0 atom stereocenters. The van der Waals surface area contributed by atoms with Gasteiger partial charge in [-0.25, -0.2) is 4.79 Å². The van der Waals surface area contributed by atoms with E-state index in [2.05, 4.69) is 5.32 Å². The van der Waals surface area contributed by atoms with Crippen LogP contribution in [0.3, 0.4) is 0 Å². The normalized spacial score (nSPS) is 9.70. The van der Waals surface area contributed by atoms with Crippen molar-refractivity contribution in [1.29, 1.82) is 0 Å². The van der Waals surface area contributed by atoms with Gasteiger partial charge in [-0.15, -0.1) is 0 Å². The van der Waals surface area contributed by atoms with Crippen molar-refractivity contribution in [3.8, 4) is 0 Å². The van der Waals surface area contributed by atoms with E-state index >= 15 is 0 Å². The lowest BCUT2D eigenvalue weighted by atomic mass is 10.4. The van der Waals surface area contributed by atoms with E-state index in [9.17, 15) is 19.2 Å². The van der Waals surface area contributed by atoms with Gasteiger partial charge < -0.3 is 25.3 Å². The number of amides is 3. The minimum absolute atomic E-state index is 0.309. The summed E-state index contributed by atoms with van der Waals surface area (Å²) in [5.41, 5.74) is 0. The largest absolute Gasteiger partial charge is 0.480 e. The van der Waals surface area contributed by atoms with Gasteiger partial charge in [0.2, 0.25) is 5.91 Å². The average Bonchev–Trinajstić information content (AvgIpc) is 2.35. The second-order valence-corrected chi connectivity index (χ2v) is 3.87. The highest BCUT2D eigenvalue weighted by molar-refractivity contribution is 5.87. The van der Waals surface area contributed by atoms with Crippen molar-refractivity contribution in [2.45, 2.75) is 13.8 Å². The van der Waals surface area contributed by atoms with Crippen molar-refractivity contribution in [2.75, 3.05) is 32.7 Å². The van der Waals surface area contributed by atoms with Crippen molar-refractivity contribution < 1.29 is 29.4 Å². The molecule has 20 heavy (non-hydrogen) atoms. The number of hydrogen-bond donors (Lipinski definition) is 3. The van der Waals surface area contributed by atoms with Crippen molar-refractivity contribution >= 4 is 23.9 Å². The van der Waals surface area contributed by atoms with E-state index in [-0.39, 0.29) is 12.5 Å². The first-order valence-electron chi connectivity index (χ1n) is 6.05. The molecule has 3 N–H and O–H groups in total. The van der Waals surface area contributed by atoms with Crippen LogP contribution in [0.15, 0.2) is 0 Å². The number of nitrogens with one attached hydrogen (secondary N) is 1. The topological polar surface area (TPSA) is 127 Å². The Balaban J connectivity index is 4.49. The number of urea groups is 1. The predicted molar refractivity (Wildman–Crippen MR) is 68.2 cm³/mol. The van der Waals surface area contributed by atoms with Gasteiger partial charge in [-0.1, -0.05) is 0 Å². The van der Waals surface area contributed by atoms with Crippen LogP contribution in [-0.4, -0.2) is 76.6 Å². The smallest absolute Gasteiger partial charge is 0.323 e. The first kappa shape index (κ1) is 17.7. The molecule has 0 saturated carbocycles. The molecule has 0 aromatic heterocycles. The number of rotatable bonds is 8. The van der Waals surface area contributed by atoms with E-state index in [0.717, 1.165) is 0 Å². The molecule has 9 heteroatoms. The Kier molecular flexibility index (Phi) is 7.71. The molecule has 0 spiro atoms. The van der Waals surface area contributed by atoms with Gasteiger partial charge in [0.25, 0.3) is 0 Å². The average molecular weight is 289 g/mol. The fourth-order valence-electron chi connectivity index (χ4n) is 1.48. The monoisotopic (exact) mass is 289 g/mol. The van der Waals surface area contributed by atoms with E-state index in [1.165, 1.54) is 4.90 Å². The number of carbonyl (C=O) groups is 4. The molecule has 0 aliphatic heterocycles. The van der Waals surface area contributed by atoms with Gasteiger partial charge in [-0.2, -0.15) is 0 Å². The van der Waals surface area contributed by atoms with E-state index in [4.69, 9.17) is 10.2 Å². The van der Waals surface area contributed by atoms with Crippen molar-refractivity contribution in [1.82, 2.24) is 15.1 Å². The van der Waals surface area contributed by atoms with Crippen LogP contribution in [0.2, 0.25) is 0 Å². The van der Waals surface area contributed by atoms with Crippen molar-refractivity contribution in [3.63, 3.8) is 0 Å². The summed E-state index contributed by atoms with van der Waals surface area (Å²) in [6.07, 6.45) is 0. The summed E-state index contributed by atoms with van der Waals surface area (Å²) in [7, 11) is 0. The molecule has 0 unspecified atom stereocenters. The molecular weight excluding hydrogens is 270 g/mol. The molecule has 0 saturated heterocycles. The minimum atomic E-state index is -1.34. The third kappa shape index (κ3) is 6.57. The summed E-state index contributed by atoms with van der Waals surface area (Å²) in [5.74, 6) is -3.00. The molecular formula is C11H19N3O6. The van der Waals surface area contributed by atoms with Crippen LogP contribution in [-0.2, 0) is 14.4 Å². The summed E-state index contributed by atoms with van der Waals surface area (Å²) < 4.78 is 0. The Hall–Kier alpha value is -2.32. The summed E-state index contributed by atoms with van der Waals surface area (Å²) in [4.78, 5) is 46.4. The molecule has 0 aromatic rings. The first-order chi connectivity index (χ1) is 9.31. The van der Waals surface area contributed by atoms with Gasteiger partial charge >= 0.3 is 18.0 Å². The van der Waals surface area contributed by atoms with Crippen molar-refractivity contribution in [3.05, 3.63) is 0 Å². The van der Waals surface area contributed by atoms with E-state index in [1.807, 2.05) is 0 Å². The molecule has 0 fully saturated rings. The molecule has 0 bridgehead atoms. The molecule has 0 aliphatic carbocycles. The Labute approximate surface area is 116 Å². The third-order valence-electron chi connectivity index (χ3n) is 2.45. The summed E-state index contributed by atoms with van der Waals surface area (Å²) in [5, 5.41) is 19.4. The molecule has 0 aromatic carbocycles. The number of nitrogens with zero attached hydrogens (tertiary/aromatic N) is 2. The lowest BCUT2D eigenvalue weighted by molar-refractivity contribution is -0.140. The fourth-order valence-corrected chi connectivity index (χ4v) is 1.48. The van der Waals surface area contributed by atoms with Gasteiger partial charge in [0, 0.05) is 13.1 Å². The first-order valence-corrected chi connectivity index (χ1v) is 6.05. The molecule has 0 radical (unpaired) electrons. The van der Waals surface area contributed by atoms with Gasteiger partial charge in [0.05, 0.1) is 6.54 Å². The Morgan fingerprint density at radius 2 is 1.35 bits per heavy atom. The summed E-state index contributed by atoms with van der Waals surface area (Å²) >= 11 is 0. The maximum atomic E-state index is 11.6. The summed E-state index contributed by atoms with van der Waals surface area (Å²) in [6, 6.07) is -0.907. The Morgan fingerprint density at radius 1 is 0.900 bits per heavy atom. The molecule has 0 rings (SSSR count). The number of carboxylic acids is 2. The van der Waals surface area contributed by atoms with Crippen LogP contribution < -0.4 is 5.32 Å². The Morgan fingerprint density at radius 3 is 1.70 bits per heavy atom. The second-order valence-electron chi connectivity index (χ2n) is 3.87. The number of likely N-dealkylation sites (N-methyl/N-ethyl adjacent to an activating group) is 1. The lowest BCUT2D eigenvalue weighted by Crippen LogP contribution is -2.48. The number of carboxylic acid groups (broad SMARTS) is 2. The molecule has 3 amide bonds. The predicted octanol–water partition coefficient (Wildman–Crippen LogP) is -0.964. The third-order valence-corrected chi connectivity index (χ3v) is 2.45. The zero-order chi connectivity index (χ0) is 15.7. The molecule has 0 aliphatic rings. The number of hydrogen-bond acceptors (Lipinski definition) is 4. The van der Waals surface area contributed by atoms with Gasteiger partial charge in [-0.3, -0.25) is 14.4 Å². The zero-order valence-electron chi connectivity index (χ0n) is 11.5. The van der Waals surface area contributed by atoms with Crippen LogP contribution in [0.1, 0.15) is 13.8 Å². The summed E-state index contributed by atoms with van der Waals surface area (Å²) in [6.45, 7) is 2.72. The highest BCUT2D eigenvalue weighted by Crippen LogP contribution is 1.92. The maximum Gasteiger partial charge on any atom is 0.323 e. The van der Waals surface area contributed by atoms with Crippen LogP contribution in [0.25, 0.3) is 0 Å². The van der Waals surface area contributed by atoms with Gasteiger partial charge in [-0.05, 0) is 13.8 Å². The highest BCUT2D eigenvalue weighted by atomic mass is 16.4. The van der Waals surface area contributed by atoms with E-state index in [0.29, 0.717) is 18.0 Å². The highest BCUT2D eigenvalue weighted by Gasteiger charge is 2.20. The molecule has 0 heterocycles. The fraction of sp³-hybridized carbons (Fsp3) is 0.636. The standard InChI is InChI=1S/C11H19N3O6/c1-3-13(4-2)8(15)5-12-11(20)14(6-9(16)17)7-10(18)19/h3-7H2,1-2H3,(H,12,20)(H,16,17)(H,18,19). The molecule has 114 valence electrons. The van der Waals surface area contributed by atoms with E-state index in [1.54, 1.807) is 13.8 Å². The number of aliphatic carboxylic acids is 2. The van der Waals surface area contributed by atoms with Crippen molar-refractivity contribution in [2.24, 2.45) is 0 Å². The van der Waals surface area contributed by atoms with Crippen LogP contribution >= 0.6 is 0 Å².